The van der Waals surface area contributed by atoms with Crippen LogP contribution in [0.3, 0.4) is 0 Å². The molecule has 0 saturated heterocycles. The van der Waals surface area contributed by atoms with Crippen LogP contribution < -0.4 is 0 Å². The number of rotatable bonds is 5. The Labute approximate surface area is 156 Å². The second-order valence-electron chi connectivity index (χ2n) is 6.94. The molecule has 0 radical (unpaired) electrons. The van der Waals surface area contributed by atoms with Crippen molar-refractivity contribution in [2.24, 2.45) is 0 Å². The SMILES string of the molecule is Cc1ccc(CN2C=C(c3ccccc3)N(Cc3ccccc3)C2)cc1. The van der Waals surface area contributed by atoms with E-state index in [1.54, 1.807) is 0 Å². The molecular formula is C24H24N2. The van der Waals surface area contributed by atoms with Gasteiger partial charge < -0.3 is 9.80 Å². The second-order valence-corrected chi connectivity index (χ2v) is 6.94. The minimum Gasteiger partial charge on any atom is -0.354 e. The van der Waals surface area contributed by atoms with Crippen LogP contribution in [0.15, 0.2) is 91.1 Å². The molecule has 130 valence electrons. The molecule has 2 heteroatoms. The summed E-state index contributed by atoms with van der Waals surface area (Å²) in [6, 6.07) is 30.2. The molecule has 0 amide bonds. The van der Waals surface area contributed by atoms with Crippen LogP contribution in [-0.4, -0.2) is 16.5 Å². The average molecular weight is 340 g/mol. The second kappa shape index (κ2) is 7.49. The molecule has 1 heterocycles. The normalized spacial score (nSPS) is 13.8. The fourth-order valence-electron chi connectivity index (χ4n) is 3.42. The molecule has 0 spiro atoms. The molecular weight excluding hydrogens is 316 g/mol. The third kappa shape index (κ3) is 3.80. The average Bonchev–Trinajstić information content (AvgIpc) is 3.07. The Morgan fingerprint density at radius 3 is 2.00 bits per heavy atom. The van der Waals surface area contributed by atoms with Crippen molar-refractivity contribution in [1.29, 1.82) is 0 Å². The molecule has 0 fully saturated rings. The van der Waals surface area contributed by atoms with Gasteiger partial charge in [-0.25, -0.2) is 0 Å². The molecule has 0 aromatic heterocycles. The first-order chi connectivity index (χ1) is 12.8. The number of hydrogen-bond donors (Lipinski definition) is 0. The summed E-state index contributed by atoms with van der Waals surface area (Å²) in [6.07, 6.45) is 2.30. The summed E-state index contributed by atoms with van der Waals surface area (Å²) in [5.41, 5.74) is 6.56. The summed E-state index contributed by atoms with van der Waals surface area (Å²) in [5.74, 6) is 0. The fourth-order valence-corrected chi connectivity index (χ4v) is 3.42. The summed E-state index contributed by atoms with van der Waals surface area (Å²) in [5, 5.41) is 0. The van der Waals surface area contributed by atoms with Crippen LogP contribution in [0.2, 0.25) is 0 Å². The van der Waals surface area contributed by atoms with Gasteiger partial charge in [-0.1, -0.05) is 90.5 Å². The van der Waals surface area contributed by atoms with Gasteiger partial charge in [-0.3, -0.25) is 0 Å². The molecule has 4 rings (SSSR count). The summed E-state index contributed by atoms with van der Waals surface area (Å²) < 4.78 is 0. The Bertz CT molecular complexity index is 867. The minimum absolute atomic E-state index is 0.910. The third-order valence-corrected chi connectivity index (χ3v) is 4.79. The molecule has 3 aromatic carbocycles. The third-order valence-electron chi connectivity index (χ3n) is 4.79. The van der Waals surface area contributed by atoms with Crippen LogP contribution in [0.4, 0.5) is 0 Å². The van der Waals surface area contributed by atoms with Gasteiger partial charge >= 0.3 is 0 Å². The molecule has 2 nitrogen and oxygen atoms in total. The highest BCUT2D eigenvalue weighted by Gasteiger charge is 2.22. The van der Waals surface area contributed by atoms with E-state index in [9.17, 15) is 0 Å². The number of hydrogen-bond acceptors (Lipinski definition) is 2. The zero-order valence-corrected chi connectivity index (χ0v) is 15.2. The van der Waals surface area contributed by atoms with Crippen molar-refractivity contribution in [1.82, 2.24) is 9.80 Å². The standard InChI is InChI=1S/C24H24N2/c1-20-12-14-22(15-13-20)16-25-18-24(23-10-6-3-7-11-23)26(19-25)17-21-8-4-2-5-9-21/h2-15,18H,16-17,19H2,1H3. The fraction of sp³-hybridized carbons (Fsp3) is 0.167. The van der Waals surface area contributed by atoms with Gasteiger partial charge in [0.1, 0.15) is 0 Å². The highest BCUT2D eigenvalue weighted by Crippen LogP contribution is 2.28. The Morgan fingerprint density at radius 1 is 0.692 bits per heavy atom. The predicted octanol–water partition coefficient (Wildman–Crippen LogP) is 5.27. The maximum atomic E-state index is 2.46. The van der Waals surface area contributed by atoms with E-state index in [4.69, 9.17) is 0 Å². The molecule has 26 heavy (non-hydrogen) atoms. The van der Waals surface area contributed by atoms with Gasteiger partial charge in [0.15, 0.2) is 0 Å². The van der Waals surface area contributed by atoms with Crippen LogP contribution in [0.5, 0.6) is 0 Å². The van der Waals surface area contributed by atoms with Crippen LogP contribution in [-0.2, 0) is 13.1 Å². The van der Waals surface area contributed by atoms with E-state index in [-0.39, 0.29) is 0 Å². The summed E-state index contributed by atoms with van der Waals surface area (Å²) in [4.78, 5) is 4.86. The maximum Gasteiger partial charge on any atom is 0.0906 e. The van der Waals surface area contributed by atoms with Gasteiger partial charge in [0.25, 0.3) is 0 Å². The molecule has 0 aliphatic carbocycles. The molecule has 0 bridgehead atoms. The Morgan fingerprint density at radius 2 is 1.31 bits per heavy atom. The molecule has 0 saturated carbocycles. The zero-order chi connectivity index (χ0) is 17.8. The quantitative estimate of drug-likeness (QED) is 0.624. The molecule has 0 N–H and O–H groups in total. The molecule has 1 aliphatic rings. The number of nitrogens with zero attached hydrogens (tertiary/aromatic N) is 2. The smallest absolute Gasteiger partial charge is 0.0906 e. The first kappa shape index (κ1) is 16.5. The van der Waals surface area contributed by atoms with Crippen molar-refractivity contribution in [3.63, 3.8) is 0 Å². The molecule has 0 unspecified atom stereocenters. The van der Waals surface area contributed by atoms with Crippen molar-refractivity contribution in [2.45, 2.75) is 20.0 Å². The van der Waals surface area contributed by atoms with Crippen LogP contribution in [0, 0.1) is 6.92 Å². The maximum absolute atomic E-state index is 2.46. The predicted molar refractivity (Wildman–Crippen MR) is 108 cm³/mol. The first-order valence-corrected chi connectivity index (χ1v) is 9.14. The van der Waals surface area contributed by atoms with Gasteiger partial charge in [0.05, 0.1) is 12.4 Å². The van der Waals surface area contributed by atoms with E-state index in [0.717, 1.165) is 19.8 Å². The Balaban J connectivity index is 1.57. The van der Waals surface area contributed by atoms with E-state index in [1.165, 1.54) is 28.0 Å². The highest BCUT2D eigenvalue weighted by molar-refractivity contribution is 5.65. The van der Waals surface area contributed by atoms with Crippen LogP contribution in [0.1, 0.15) is 22.3 Å². The van der Waals surface area contributed by atoms with E-state index in [0.29, 0.717) is 0 Å². The van der Waals surface area contributed by atoms with Crippen molar-refractivity contribution < 1.29 is 0 Å². The van der Waals surface area contributed by atoms with Crippen molar-refractivity contribution in [3.05, 3.63) is 113 Å². The lowest BCUT2D eigenvalue weighted by Gasteiger charge is -2.24. The van der Waals surface area contributed by atoms with Crippen LogP contribution in [0.25, 0.3) is 5.70 Å². The van der Waals surface area contributed by atoms with Crippen molar-refractivity contribution >= 4 is 5.70 Å². The first-order valence-electron chi connectivity index (χ1n) is 9.14. The van der Waals surface area contributed by atoms with Gasteiger partial charge in [0, 0.05) is 19.3 Å². The Hall–Kier alpha value is -3.00. The molecule has 3 aromatic rings. The molecule has 1 aliphatic heterocycles. The monoisotopic (exact) mass is 340 g/mol. The van der Waals surface area contributed by atoms with Crippen molar-refractivity contribution in [3.8, 4) is 0 Å². The van der Waals surface area contributed by atoms with E-state index in [2.05, 4.69) is 108 Å². The van der Waals surface area contributed by atoms with E-state index >= 15 is 0 Å². The highest BCUT2D eigenvalue weighted by atomic mass is 15.4. The van der Waals surface area contributed by atoms with E-state index in [1.807, 2.05) is 0 Å². The van der Waals surface area contributed by atoms with Gasteiger partial charge in [-0.15, -0.1) is 0 Å². The van der Waals surface area contributed by atoms with Gasteiger partial charge in [0.2, 0.25) is 0 Å². The minimum atomic E-state index is 0.910. The van der Waals surface area contributed by atoms with E-state index < -0.39 is 0 Å². The largest absolute Gasteiger partial charge is 0.354 e. The zero-order valence-electron chi connectivity index (χ0n) is 15.2. The van der Waals surface area contributed by atoms with Gasteiger partial charge in [-0.2, -0.15) is 0 Å². The number of aryl methyl sites for hydroxylation is 1. The topological polar surface area (TPSA) is 6.48 Å². The summed E-state index contributed by atoms with van der Waals surface area (Å²) >= 11 is 0. The summed E-state index contributed by atoms with van der Waals surface area (Å²) in [7, 11) is 0. The Kier molecular flexibility index (Phi) is 4.74. The molecule has 0 atom stereocenters. The lowest BCUT2D eigenvalue weighted by molar-refractivity contribution is 0.261. The lowest BCUT2D eigenvalue weighted by Crippen LogP contribution is -2.26. The van der Waals surface area contributed by atoms with Gasteiger partial charge in [-0.05, 0) is 23.6 Å². The van der Waals surface area contributed by atoms with Crippen LogP contribution >= 0.6 is 0 Å². The van der Waals surface area contributed by atoms with Crippen molar-refractivity contribution in [2.75, 3.05) is 6.67 Å². The number of benzene rings is 3. The summed E-state index contributed by atoms with van der Waals surface area (Å²) in [6.45, 7) is 4.90. The lowest BCUT2D eigenvalue weighted by atomic mass is 10.1.